The number of piperidine rings is 2. The Morgan fingerprint density at radius 3 is 2.52 bits per heavy atom. The number of rotatable bonds is 10. The third kappa shape index (κ3) is 7.03. The van der Waals surface area contributed by atoms with E-state index in [1.807, 2.05) is 6.92 Å². The molecule has 40 heavy (non-hydrogen) atoms. The third-order valence-electron chi connectivity index (χ3n) is 7.31. The van der Waals surface area contributed by atoms with E-state index in [1.54, 1.807) is 41.2 Å². The Balaban J connectivity index is 1.60. The standard InChI is InChI=1S/C27H35ClN4O6S2/c1-3-19-21(32-14-5-4-9-25(32)33)7-6-8-23(19)40(36,37)30-20(17-29-26(34)22-10-11-24(28)39-22)27(35)31-15-12-18(38-2)13-16-31/h6-8,10-11,18,20,30H,3-5,9,12-17H2,1-2H3,(H,29,34)/t20-/m0/s1. The zero-order valence-electron chi connectivity index (χ0n) is 22.7. The Bertz CT molecular complexity index is 1340. The number of likely N-dealkylation sites (tertiary alicyclic amines) is 1. The van der Waals surface area contributed by atoms with Crippen molar-refractivity contribution in [1.29, 1.82) is 0 Å². The second kappa shape index (κ2) is 13.4. The molecule has 0 radical (unpaired) electrons. The van der Waals surface area contributed by atoms with Crippen LogP contribution >= 0.6 is 22.9 Å². The van der Waals surface area contributed by atoms with E-state index < -0.39 is 27.9 Å². The minimum atomic E-state index is -4.22. The largest absolute Gasteiger partial charge is 0.381 e. The fourth-order valence-electron chi connectivity index (χ4n) is 5.16. The number of methoxy groups -OCH3 is 1. The highest BCUT2D eigenvalue weighted by Crippen LogP contribution is 2.30. The van der Waals surface area contributed by atoms with Gasteiger partial charge in [-0.3, -0.25) is 14.4 Å². The molecular formula is C27H35ClN4O6S2. The summed E-state index contributed by atoms with van der Waals surface area (Å²) < 4.78 is 36.0. The van der Waals surface area contributed by atoms with E-state index in [4.69, 9.17) is 16.3 Å². The van der Waals surface area contributed by atoms with Gasteiger partial charge in [0.2, 0.25) is 21.8 Å². The number of ether oxygens (including phenoxy) is 1. The summed E-state index contributed by atoms with van der Waals surface area (Å²) in [6.45, 7) is 2.94. The van der Waals surface area contributed by atoms with Gasteiger partial charge in [-0.05, 0) is 61.9 Å². The van der Waals surface area contributed by atoms with Gasteiger partial charge in [0.15, 0.2) is 0 Å². The molecule has 2 aliphatic rings. The van der Waals surface area contributed by atoms with Crippen molar-refractivity contribution >= 4 is 56.4 Å². The summed E-state index contributed by atoms with van der Waals surface area (Å²) in [5.74, 6) is -0.915. The molecule has 2 fully saturated rings. The molecule has 3 heterocycles. The molecule has 4 rings (SSSR count). The van der Waals surface area contributed by atoms with Gasteiger partial charge in [0.25, 0.3) is 5.91 Å². The number of halogens is 1. The van der Waals surface area contributed by atoms with Crippen LogP contribution in [0, 0.1) is 0 Å². The minimum Gasteiger partial charge on any atom is -0.381 e. The summed E-state index contributed by atoms with van der Waals surface area (Å²) in [7, 11) is -2.59. The summed E-state index contributed by atoms with van der Waals surface area (Å²) in [6.07, 6.45) is 3.75. The number of carbonyl (C=O) groups excluding carboxylic acids is 3. The number of sulfonamides is 1. The van der Waals surface area contributed by atoms with Gasteiger partial charge in [0.05, 0.1) is 20.2 Å². The summed E-state index contributed by atoms with van der Waals surface area (Å²) in [5, 5.41) is 2.68. The maximum atomic E-state index is 13.8. The molecule has 1 aromatic heterocycles. The number of hydrogen-bond donors (Lipinski definition) is 2. The van der Waals surface area contributed by atoms with Crippen molar-refractivity contribution in [2.75, 3.05) is 38.2 Å². The quantitative estimate of drug-likeness (QED) is 0.426. The van der Waals surface area contributed by atoms with E-state index >= 15 is 0 Å². The Morgan fingerprint density at radius 1 is 1.15 bits per heavy atom. The Hall–Kier alpha value is -2.51. The second-order valence-electron chi connectivity index (χ2n) is 9.86. The summed E-state index contributed by atoms with van der Waals surface area (Å²) in [6, 6.07) is 6.78. The van der Waals surface area contributed by atoms with E-state index in [-0.39, 0.29) is 23.5 Å². The second-order valence-corrected chi connectivity index (χ2v) is 13.3. The number of amides is 3. The molecule has 2 aliphatic heterocycles. The normalized spacial score (nSPS) is 17.6. The Kier molecular flexibility index (Phi) is 10.2. The predicted octanol–water partition coefficient (Wildman–Crippen LogP) is 3.20. The van der Waals surface area contributed by atoms with Crippen molar-refractivity contribution in [2.24, 2.45) is 0 Å². The predicted molar refractivity (Wildman–Crippen MR) is 154 cm³/mol. The van der Waals surface area contributed by atoms with Crippen molar-refractivity contribution < 1.29 is 27.5 Å². The molecule has 1 atom stereocenters. The van der Waals surface area contributed by atoms with Crippen LogP contribution in [0.4, 0.5) is 5.69 Å². The molecule has 13 heteroatoms. The molecule has 10 nitrogen and oxygen atoms in total. The first-order valence-electron chi connectivity index (χ1n) is 13.4. The van der Waals surface area contributed by atoms with Crippen molar-refractivity contribution in [3.05, 3.63) is 45.1 Å². The number of hydrogen-bond acceptors (Lipinski definition) is 7. The monoisotopic (exact) mass is 610 g/mol. The molecule has 0 spiro atoms. The lowest BCUT2D eigenvalue weighted by molar-refractivity contribution is -0.135. The van der Waals surface area contributed by atoms with Gasteiger partial charge in [0, 0.05) is 45.4 Å². The van der Waals surface area contributed by atoms with Crippen LogP contribution in [0.25, 0.3) is 0 Å². The van der Waals surface area contributed by atoms with Crippen molar-refractivity contribution in [2.45, 2.75) is 62.5 Å². The molecule has 218 valence electrons. The van der Waals surface area contributed by atoms with Gasteiger partial charge in [-0.25, -0.2) is 8.42 Å². The van der Waals surface area contributed by atoms with Crippen LogP contribution in [0.15, 0.2) is 35.2 Å². The fourth-order valence-corrected chi connectivity index (χ4v) is 7.63. The lowest BCUT2D eigenvalue weighted by Gasteiger charge is -2.34. The zero-order valence-corrected chi connectivity index (χ0v) is 25.0. The van der Waals surface area contributed by atoms with Gasteiger partial charge in [-0.15, -0.1) is 11.3 Å². The number of benzene rings is 1. The smallest absolute Gasteiger partial charge is 0.261 e. The first-order chi connectivity index (χ1) is 19.1. The molecule has 0 aliphatic carbocycles. The van der Waals surface area contributed by atoms with Crippen LogP contribution in [0.3, 0.4) is 0 Å². The first kappa shape index (κ1) is 30.4. The SMILES string of the molecule is CCc1c(N2CCCCC2=O)cccc1S(=O)(=O)N[C@@H](CNC(=O)c1ccc(Cl)s1)C(=O)N1CCC(OC)CC1. The highest BCUT2D eigenvalue weighted by Gasteiger charge is 2.34. The topological polar surface area (TPSA) is 125 Å². The van der Waals surface area contributed by atoms with Crippen LogP contribution in [0.5, 0.6) is 0 Å². The Labute approximate surface area is 244 Å². The number of nitrogens with zero attached hydrogens (tertiary/aromatic N) is 2. The molecule has 0 unspecified atom stereocenters. The van der Waals surface area contributed by atoms with E-state index in [9.17, 15) is 22.8 Å². The third-order valence-corrected chi connectivity index (χ3v) is 10.1. The van der Waals surface area contributed by atoms with E-state index in [0.29, 0.717) is 65.8 Å². The maximum Gasteiger partial charge on any atom is 0.261 e. The Morgan fingerprint density at radius 2 is 1.90 bits per heavy atom. The minimum absolute atomic E-state index is 0.0122. The summed E-state index contributed by atoms with van der Waals surface area (Å²) in [4.78, 5) is 42.6. The van der Waals surface area contributed by atoms with Crippen LogP contribution in [-0.4, -0.2) is 76.5 Å². The molecule has 2 aromatic rings. The lowest BCUT2D eigenvalue weighted by Crippen LogP contribution is -2.55. The molecule has 0 saturated carbocycles. The summed E-state index contributed by atoms with van der Waals surface area (Å²) in [5.41, 5.74) is 1.08. The van der Waals surface area contributed by atoms with Gasteiger partial charge in [0.1, 0.15) is 6.04 Å². The van der Waals surface area contributed by atoms with Crippen LogP contribution < -0.4 is 14.9 Å². The first-order valence-corrected chi connectivity index (χ1v) is 16.1. The average molecular weight is 611 g/mol. The van der Waals surface area contributed by atoms with Crippen molar-refractivity contribution in [3.63, 3.8) is 0 Å². The number of nitrogens with one attached hydrogen (secondary N) is 2. The van der Waals surface area contributed by atoms with E-state index in [0.717, 1.165) is 24.2 Å². The molecule has 0 bridgehead atoms. The average Bonchev–Trinajstić information content (AvgIpc) is 3.40. The van der Waals surface area contributed by atoms with Crippen LogP contribution in [-0.2, 0) is 30.8 Å². The van der Waals surface area contributed by atoms with Gasteiger partial charge in [-0.2, -0.15) is 4.72 Å². The van der Waals surface area contributed by atoms with Gasteiger partial charge >= 0.3 is 0 Å². The fraction of sp³-hybridized carbons (Fsp3) is 0.519. The maximum absolute atomic E-state index is 13.8. The number of anilines is 1. The van der Waals surface area contributed by atoms with Crippen molar-refractivity contribution in [1.82, 2.24) is 14.9 Å². The number of thiophene rings is 1. The van der Waals surface area contributed by atoms with Crippen molar-refractivity contribution in [3.8, 4) is 0 Å². The number of carbonyl (C=O) groups is 3. The van der Waals surface area contributed by atoms with E-state index in [1.165, 1.54) is 6.07 Å². The molecule has 3 amide bonds. The molecule has 1 aromatic carbocycles. The van der Waals surface area contributed by atoms with Gasteiger partial charge < -0.3 is 19.9 Å². The van der Waals surface area contributed by atoms with Crippen LogP contribution in [0.2, 0.25) is 4.34 Å². The van der Waals surface area contributed by atoms with Gasteiger partial charge in [-0.1, -0.05) is 24.6 Å². The molecular weight excluding hydrogens is 576 g/mol. The highest BCUT2D eigenvalue weighted by atomic mass is 35.5. The zero-order chi connectivity index (χ0) is 28.9. The van der Waals surface area contributed by atoms with Crippen LogP contribution in [0.1, 0.15) is 54.3 Å². The lowest BCUT2D eigenvalue weighted by atomic mass is 10.1. The molecule has 2 saturated heterocycles. The van der Waals surface area contributed by atoms with E-state index in [2.05, 4.69) is 10.0 Å². The summed E-state index contributed by atoms with van der Waals surface area (Å²) >= 11 is 7.05. The molecule has 2 N–H and O–H groups in total. The highest BCUT2D eigenvalue weighted by molar-refractivity contribution is 7.89.